The summed E-state index contributed by atoms with van der Waals surface area (Å²) < 4.78 is 12.2. The van der Waals surface area contributed by atoms with Gasteiger partial charge in [0, 0.05) is 18.5 Å². The van der Waals surface area contributed by atoms with Crippen LogP contribution in [0.3, 0.4) is 0 Å². The lowest BCUT2D eigenvalue weighted by atomic mass is 9.87. The Hall–Kier alpha value is -3.65. The Morgan fingerprint density at radius 1 is 1.19 bits per heavy atom. The van der Waals surface area contributed by atoms with E-state index in [1.54, 1.807) is 41.0 Å². The second-order valence-electron chi connectivity index (χ2n) is 7.01. The minimum atomic E-state index is -1.18. The number of rotatable bonds is 5. The van der Waals surface area contributed by atoms with Gasteiger partial charge in [0.05, 0.1) is 36.3 Å². The molecule has 1 aromatic heterocycles. The van der Waals surface area contributed by atoms with Crippen LogP contribution in [0.4, 0.5) is 5.69 Å². The SMILES string of the molecule is COc1cc(C2CC(=O)Nc3c(C(=O)O)cn(-c4ccccc4Cl)c32)cc(OC)c1O. The Labute approximate surface area is 182 Å². The summed E-state index contributed by atoms with van der Waals surface area (Å²) in [5.74, 6) is -1.86. The van der Waals surface area contributed by atoms with Crippen molar-refractivity contribution in [2.24, 2.45) is 0 Å². The minimum absolute atomic E-state index is 0.0503. The molecule has 1 atom stereocenters. The van der Waals surface area contributed by atoms with E-state index in [0.29, 0.717) is 22.0 Å². The van der Waals surface area contributed by atoms with Gasteiger partial charge >= 0.3 is 5.97 Å². The number of amides is 1. The number of carbonyl (C=O) groups excluding carboxylic acids is 1. The number of phenols is 1. The van der Waals surface area contributed by atoms with Gasteiger partial charge < -0.3 is 29.6 Å². The summed E-state index contributed by atoms with van der Waals surface area (Å²) in [7, 11) is 2.82. The first-order valence-electron chi connectivity index (χ1n) is 9.33. The second-order valence-corrected chi connectivity index (χ2v) is 7.42. The molecule has 0 fully saturated rings. The molecule has 3 N–H and O–H groups in total. The Kier molecular flexibility index (Phi) is 5.24. The van der Waals surface area contributed by atoms with E-state index in [2.05, 4.69) is 5.32 Å². The Morgan fingerprint density at radius 3 is 2.42 bits per heavy atom. The van der Waals surface area contributed by atoms with E-state index in [9.17, 15) is 19.8 Å². The maximum Gasteiger partial charge on any atom is 0.339 e. The van der Waals surface area contributed by atoms with E-state index in [4.69, 9.17) is 21.1 Å². The van der Waals surface area contributed by atoms with Crippen molar-refractivity contribution in [3.8, 4) is 22.9 Å². The van der Waals surface area contributed by atoms with Crippen LogP contribution < -0.4 is 14.8 Å². The highest BCUT2D eigenvalue weighted by Gasteiger charge is 2.35. The predicted molar refractivity (Wildman–Crippen MR) is 114 cm³/mol. The fourth-order valence-electron chi connectivity index (χ4n) is 3.87. The summed E-state index contributed by atoms with van der Waals surface area (Å²) in [6.45, 7) is 0. The van der Waals surface area contributed by atoms with Crippen molar-refractivity contribution < 1.29 is 29.3 Å². The van der Waals surface area contributed by atoms with Gasteiger partial charge in [0.25, 0.3) is 0 Å². The average molecular weight is 443 g/mol. The zero-order valence-corrected chi connectivity index (χ0v) is 17.4. The van der Waals surface area contributed by atoms with Gasteiger partial charge in [0.15, 0.2) is 11.5 Å². The van der Waals surface area contributed by atoms with Gasteiger partial charge in [-0.25, -0.2) is 4.79 Å². The van der Waals surface area contributed by atoms with Gasteiger partial charge in [-0.2, -0.15) is 0 Å². The summed E-state index contributed by atoms with van der Waals surface area (Å²) in [4.78, 5) is 24.4. The highest BCUT2D eigenvalue weighted by molar-refractivity contribution is 6.32. The Bertz CT molecular complexity index is 1180. The number of benzene rings is 2. The molecule has 1 aliphatic rings. The molecule has 0 spiro atoms. The summed E-state index contributed by atoms with van der Waals surface area (Å²) in [5, 5.41) is 23.1. The maximum atomic E-state index is 12.5. The normalized spacial score (nSPS) is 15.2. The molecule has 160 valence electrons. The largest absolute Gasteiger partial charge is 0.502 e. The highest BCUT2D eigenvalue weighted by atomic mass is 35.5. The van der Waals surface area contributed by atoms with E-state index >= 15 is 0 Å². The van der Waals surface area contributed by atoms with Crippen LogP contribution in [0.5, 0.6) is 17.2 Å². The van der Waals surface area contributed by atoms with E-state index in [-0.39, 0.29) is 40.8 Å². The fourth-order valence-corrected chi connectivity index (χ4v) is 4.09. The van der Waals surface area contributed by atoms with Crippen molar-refractivity contribution >= 4 is 29.2 Å². The molecule has 0 bridgehead atoms. The Balaban J connectivity index is 2.01. The topological polar surface area (TPSA) is 110 Å². The van der Waals surface area contributed by atoms with Crippen LogP contribution in [0.25, 0.3) is 5.69 Å². The second kappa shape index (κ2) is 7.88. The number of hydrogen-bond acceptors (Lipinski definition) is 5. The van der Waals surface area contributed by atoms with Crippen molar-refractivity contribution in [1.82, 2.24) is 4.57 Å². The zero-order valence-electron chi connectivity index (χ0n) is 16.7. The molecule has 8 nitrogen and oxygen atoms in total. The minimum Gasteiger partial charge on any atom is -0.502 e. The molecule has 9 heteroatoms. The molecule has 31 heavy (non-hydrogen) atoms. The number of aromatic nitrogens is 1. The number of anilines is 1. The van der Waals surface area contributed by atoms with E-state index in [1.807, 2.05) is 0 Å². The number of aromatic carboxylic acids is 1. The van der Waals surface area contributed by atoms with Crippen molar-refractivity contribution in [2.75, 3.05) is 19.5 Å². The molecule has 0 radical (unpaired) electrons. The van der Waals surface area contributed by atoms with Gasteiger partial charge in [-0.1, -0.05) is 23.7 Å². The smallest absolute Gasteiger partial charge is 0.339 e. The number of aromatic hydroxyl groups is 1. The number of ether oxygens (including phenoxy) is 2. The van der Waals surface area contributed by atoms with Crippen LogP contribution in [0.1, 0.15) is 34.0 Å². The van der Waals surface area contributed by atoms with Gasteiger partial charge in [-0.15, -0.1) is 0 Å². The lowest BCUT2D eigenvalue weighted by Gasteiger charge is -2.27. The predicted octanol–water partition coefficient (Wildman–Crippen LogP) is 4.03. The number of halogens is 1. The number of fused-ring (bicyclic) bond motifs is 1. The molecule has 2 heterocycles. The molecule has 3 aromatic rings. The fraction of sp³-hybridized carbons (Fsp3) is 0.182. The van der Waals surface area contributed by atoms with Crippen molar-refractivity contribution in [2.45, 2.75) is 12.3 Å². The molecule has 0 aliphatic carbocycles. The molecule has 4 rings (SSSR count). The zero-order chi connectivity index (χ0) is 22.3. The molecule has 2 aromatic carbocycles. The van der Waals surface area contributed by atoms with Crippen molar-refractivity contribution in [1.29, 1.82) is 0 Å². The number of phenolic OH excluding ortho intramolecular Hbond substituents is 1. The summed E-state index contributed by atoms with van der Waals surface area (Å²) in [5.41, 5.74) is 1.91. The van der Waals surface area contributed by atoms with Gasteiger partial charge in [-0.05, 0) is 29.8 Å². The number of nitrogens with zero attached hydrogens (tertiary/aromatic N) is 1. The number of para-hydroxylation sites is 1. The van der Waals surface area contributed by atoms with E-state index < -0.39 is 11.9 Å². The molecule has 1 amide bonds. The molecule has 1 unspecified atom stereocenters. The standard InChI is InChI=1S/C22H19ClN2O6/c1-30-16-7-11(8-17(31-2)21(16)27)12-9-18(26)24-19-13(22(28)29)10-25(20(12)19)15-6-4-3-5-14(15)23/h3-8,10,12,27H,9H2,1-2H3,(H,24,26)(H,28,29). The lowest BCUT2D eigenvalue weighted by molar-refractivity contribution is -0.116. The summed E-state index contributed by atoms with van der Waals surface area (Å²) in [6, 6.07) is 10.2. The van der Waals surface area contributed by atoms with Gasteiger partial charge in [0.1, 0.15) is 5.56 Å². The van der Waals surface area contributed by atoms with E-state index in [0.717, 1.165) is 0 Å². The van der Waals surface area contributed by atoms with Crippen LogP contribution in [0, 0.1) is 0 Å². The first-order chi connectivity index (χ1) is 14.8. The molecule has 0 saturated heterocycles. The van der Waals surface area contributed by atoms with Crippen LogP contribution in [0.2, 0.25) is 5.02 Å². The number of hydrogen-bond donors (Lipinski definition) is 3. The van der Waals surface area contributed by atoms with Crippen molar-refractivity contribution in [3.05, 3.63) is 64.4 Å². The average Bonchev–Trinajstić information content (AvgIpc) is 3.13. The van der Waals surface area contributed by atoms with Crippen LogP contribution in [-0.4, -0.2) is 40.9 Å². The summed E-state index contributed by atoms with van der Waals surface area (Å²) in [6.07, 6.45) is 1.50. The molecule has 0 saturated carbocycles. The first-order valence-corrected chi connectivity index (χ1v) is 9.71. The van der Waals surface area contributed by atoms with Crippen LogP contribution in [-0.2, 0) is 4.79 Å². The number of nitrogens with one attached hydrogen (secondary N) is 1. The van der Waals surface area contributed by atoms with Crippen LogP contribution in [0.15, 0.2) is 42.6 Å². The van der Waals surface area contributed by atoms with Crippen LogP contribution >= 0.6 is 11.6 Å². The molecular weight excluding hydrogens is 424 g/mol. The number of carboxylic acid groups (broad SMARTS) is 1. The quantitative estimate of drug-likeness (QED) is 0.550. The maximum absolute atomic E-state index is 12.5. The molecular formula is C22H19ClN2O6. The number of methoxy groups -OCH3 is 2. The number of carboxylic acids is 1. The number of carbonyl (C=O) groups is 2. The van der Waals surface area contributed by atoms with Crippen molar-refractivity contribution in [3.63, 3.8) is 0 Å². The van der Waals surface area contributed by atoms with Gasteiger partial charge in [0.2, 0.25) is 11.7 Å². The molecule has 1 aliphatic heterocycles. The first kappa shape index (κ1) is 20.6. The summed E-state index contributed by atoms with van der Waals surface area (Å²) >= 11 is 6.40. The third-order valence-electron chi connectivity index (χ3n) is 5.27. The van der Waals surface area contributed by atoms with Gasteiger partial charge in [-0.3, -0.25) is 4.79 Å². The third-order valence-corrected chi connectivity index (χ3v) is 5.59. The lowest BCUT2D eigenvalue weighted by Crippen LogP contribution is -2.25. The monoisotopic (exact) mass is 442 g/mol. The Morgan fingerprint density at radius 2 is 1.84 bits per heavy atom. The third kappa shape index (κ3) is 3.44. The van der Waals surface area contributed by atoms with E-state index in [1.165, 1.54) is 20.4 Å². The highest BCUT2D eigenvalue weighted by Crippen LogP contribution is 2.46.